The van der Waals surface area contributed by atoms with Crippen LogP contribution in [-0.2, 0) is 4.79 Å². The van der Waals surface area contributed by atoms with Crippen molar-refractivity contribution in [1.82, 2.24) is 5.32 Å². The summed E-state index contributed by atoms with van der Waals surface area (Å²) in [5, 5.41) is 3.06. The fourth-order valence-corrected chi connectivity index (χ4v) is 4.50. The van der Waals surface area contributed by atoms with Gasteiger partial charge in [0, 0.05) is 12.0 Å². The van der Waals surface area contributed by atoms with E-state index >= 15 is 0 Å². The first-order chi connectivity index (χ1) is 11.6. The smallest absolute Gasteiger partial charge is 0.223 e. The predicted octanol–water partition coefficient (Wildman–Crippen LogP) is 3.37. The number of ether oxygens (including phenoxy) is 1. The molecule has 0 radical (unpaired) electrons. The Kier molecular flexibility index (Phi) is 7.14. The largest absolute Gasteiger partial charge is 0.491 e. The lowest BCUT2D eigenvalue weighted by molar-refractivity contribution is -0.128. The highest BCUT2D eigenvalue weighted by Gasteiger charge is 2.40. The van der Waals surface area contributed by atoms with Gasteiger partial charge >= 0.3 is 0 Å². The highest BCUT2D eigenvalue weighted by molar-refractivity contribution is 5.85. The zero-order valence-corrected chi connectivity index (χ0v) is 16.1. The van der Waals surface area contributed by atoms with Gasteiger partial charge in [0.25, 0.3) is 0 Å². The van der Waals surface area contributed by atoms with Gasteiger partial charge in [0.2, 0.25) is 5.91 Å². The molecular weight excluding hydrogens is 336 g/mol. The Morgan fingerprint density at radius 2 is 1.80 bits per heavy atom. The lowest BCUT2D eigenvalue weighted by Gasteiger charge is -2.43. The molecule has 0 spiro atoms. The Morgan fingerprint density at radius 1 is 1.20 bits per heavy atom. The first-order valence-corrected chi connectivity index (χ1v) is 9.28. The van der Waals surface area contributed by atoms with Gasteiger partial charge in [0.15, 0.2) is 0 Å². The van der Waals surface area contributed by atoms with Crippen LogP contribution < -0.4 is 15.8 Å². The average Bonchev–Trinajstić information content (AvgIpc) is 2.53. The second kappa shape index (κ2) is 8.91. The third-order valence-electron chi connectivity index (χ3n) is 5.84. The van der Waals surface area contributed by atoms with Gasteiger partial charge in [-0.05, 0) is 62.5 Å². The number of para-hydroxylation sites is 1. The van der Waals surface area contributed by atoms with E-state index in [0.29, 0.717) is 31.0 Å². The van der Waals surface area contributed by atoms with Crippen molar-refractivity contribution in [3.63, 3.8) is 0 Å². The monoisotopic (exact) mass is 366 g/mol. The van der Waals surface area contributed by atoms with Crippen LogP contribution in [0, 0.1) is 31.6 Å². The summed E-state index contributed by atoms with van der Waals surface area (Å²) >= 11 is 0. The minimum absolute atomic E-state index is 0. The highest BCUT2D eigenvalue weighted by Crippen LogP contribution is 2.41. The number of nitrogens with one attached hydrogen (secondary N) is 1. The molecule has 2 saturated carbocycles. The van der Waals surface area contributed by atoms with Crippen molar-refractivity contribution in [2.24, 2.45) is 23.5 Å². The van der Waals surface area contributed by atoms with Gasteiger partial charge in [-0.1, -0.05) is 24.6 Å². The van der Waals surface area contributed by atoms with Crippen LogP contribution in [0.1, 0.15) is 43.2 Å². The van der Waals surface area contributed by atoms with Crippen molar-refractivity contribution in [3.05, 3.63) is 29.3 Å². The lowest BCUT2D eigenvalue weighted by Crippen LogP contribution is -2.49. The minimum atomic E-state index is 0. The molecule has 2 unspecified atom stereocenters. The number of aryl methyl sites for hydroxylation is 2. The summed E-state index contributed by atoms with van der Waals surface area (Å²) in [5.41, 5.74) is 8.58. The summed E-state index contributed by atoms with van der Waals surface area (Å²) in [4.78, 5) is 12.5. The molecular formula is C20H31ClN2O2. The topological polar surface area (TPSA) is 64.3 Å². The zero-order chi connectivity index (χ0) is 17.1. The minimum Gasteiger partial charge on any atom is -0.491 e. The number of hydrogen-bond donors (Lipinski definition) is 2. The Morgan fingerprint density at radius 3 is 2.40 bits per heavy atom. The number of carbonyl (C=O) groups is 1. The lowest BCUT2D eigenvalue weighted by atomic mass is 9.65. The van der Waals surface area contributed by atoms with Gasteiger partial charge in [-0.3, -0.25) is 4.79 Å². The maximum absolute atomic E-state index is 12.5. The summed E-state index contributed by atoms with van der Waals surface area (Å²) in [6.07, 6.45) is 5.58. The predicted molar refractivity (Wildman–Crippen MR) is 103 cm³/mol. The summed E-state index contributed by atoms with van der Waals surface area (Å²) in [5.74, 6) is 2.34. The van der Waals surface area contributed by atoms with Crippen molar-refractivity contribution in [1.29, 1.82) is 0 Å². The number of nitrogens with two attached hydrogens (primary N) is 1. The van der Waals surface area contributed by atoms with Crippen LogP contribution in [0.3, 0.4) is 0 Å². The molecule has 140 valence electrons. The molecule has 0 aliphatic heterocycles. The quantitative estimate of drug-likeness (QED) is 0.785. The van der Waals surface area contributed by atoms with Crippen LogP contribution in [0.2, 0.25) is 0 Å². The van der Waals surface area contributed by atoms with Crippen molar-refractivity contribution in [3.8, 4) is 5.75 Å². The first-order valence-electron chi connectivity index (χ1n) is 9.28. The molecule has 25 heavy (non-hydrogen) atoms. The fourth-order valence-electron chi connectivity index (χ4n) is 4.50. The van der Waals surface area contributed by atoms with E-state index in [-0.39, 0.29) is 24.2 Å². The normalized spacial score (nSPS) is 28.0. The van der Waals surface area contributed by atoms with Crippen LogP contribution in [-0.4, -0.2) is 25.1 Å². The molecule has 1 amide bonds. The Bertz CT molecular complexity index is 559. The van der Waals surface area contributed by atoms with Crippen LogP contribution in [0.5, 0.6) is 5.75 Å². The number of rotatable bonds is 5. The molecule has 4 nitrogen and oxygen atoms in total. The Labute approximate surface area is 157 Å². The van der Waals surface area contributed by atoms with Gasteiger partial charge in [0.1, 0.15) is 12.4 Å². The Hall–Kier alpha value is -1.26. The van der Waals surface area contributed by atoms with Crippen molar-refractivity contribution in [2.45, 2.75) is 52.0 Å². The molecule has 0 heterocycles. The Balaban J connectivity index is 0.00000225. The number of halogens is 1. The van der Waals surface area contributed by atoms with Gasteiger partial charge in [-0.2, -0.15) is 0 Å². The van der Waals surface area contributed by atoms with E-state index in [1.54, 1.807) is 0 Å². The highest BCUT2D eigenvalue weighted by atomic mass is 35.5. The maximum atomic E-state index is 12.5. The molecule has 0 saturated heterocycles. The average molecular weight is 367 g/mol. The van der Waals surface area contributed by atoms with E-state index in [0.717, 1.165) is 29.7 Å². The van der Waals surface area contributed by atoms with Crippen molar-refractivity contribution in [2.75, 3.05) is 13.2 Å². The molecule has 5 heteroatoms. The molecule has 2 bridgehead atoms. The van der Waals surface area contributed by atoms with Crippen molar-refractivity contribution >= 4 is 18.3 Å². The third kappa shape index (κ3) is 4.68. The molecule has 3 rings (SSSR count). The van der Waals surface area contributed by atoms with E-state index in [9.17, 15) is 4.79 Å². The summed E-state index contributed by atoms with van der Waals surface area (Å²) in [6.45, 7) is 5.16. The van der Waals surface area contributed by atoms with E-state index < -0.39 is 0 Å². The SMILES string of the molecule is Cc1cccc(C)c1OCCNC(=O)C1CC2CCCC(C1)C2N.Cl. The summed E-state index contributed by atoms with van der Waals surface area (Å²) in [7, 11) is 0. The van der Waals surface area contributed by atoms with Gasteiger partial charge in [0.05, 0.1) is 6.54 Å². The number of amides is 1. The molecule has 2 fully saturated rings. The van der Waals surface area contributed by atoms with Gasteiger partial charge in [-0.25, -0.2) is 0 Å². The van der Waals surface area contributed by atoms with Crippen LogP contribution in [0.4, 0.5) is 0 Å². The number of fused-ring (bicyclic) bond motifs is 2. The van der Waals surface area contributed by atoms with E-state index in [1.807, 2.05) is 32.0 Å². The van der Waals surface area contributed by atoms with Crippen molar-refractivity contribution < 1.29 is 9.53 Å². The molecule has 1 aromatic rings. The third-order valence-corrected chi connectivity index (χ3v) is 5.84. The summed E-state index contributed by atoms with van der Waals surface area (Å²) in [6, 6.07) is 6.44. The summed E-state index contributed by atoms with van der Waals surface area (Å²) < 4.78 is 5.86. The molecule has 2 atom stereocenters. The maximum Gasteiger partial charge on any atom is 0.223 e. The molecule has 1 aromatic carbocycles. The van der Waals surface area contributed by atoms with E-state index in [4.69, 9.17) is 10.5 Å². The fraction of sp³-hybridized carbons (Fsp3) is 0.650. The second-order valence-electron chi connectivity index (χ2n) is 7.56. The molecule has 0 aromatic heterocycles. The van der Waals surface area contributed by atoms with Crippen LogP contribution in [0.25, 0.3) is 0 Å². The van der Waals surface area contributed by atoms with Crippen LogP contribution in [0.15, 0.2) is 18.2 Å². The van der Waals surface area contributed by atoms with Gasteiger partial charge < -0.3 is 15.8 Å². The molecule has 3 N–H and O–H groups in total. The van der Waals surface area contributed by atoms with E-state index in [1.165, 1.54) is 19.3 Å². The first kappa shape index (κ1) is 20.1. The molecule has 2 aliphatic rings. The second-order valence-corrected chi connectivity index (χ2v) is 7.56. The van der Waals surface area contributed by atoms with E-state index in [2.05, 4.69) is 5.32 Å². The number of hydrogen-bond acceptors (Lipinski definition) is 3. The van der Waals surface area contributed by atoms with Gasteiger partial charge in [-0.15, -0.1) is 12.4 Å². The standard InChI is InChI=1S/C20H30N2O2.ClH/c1-13-5-3-6-14(2)19(13)24-10-9-22-20(23)17-11-15-7-4-8-16(12-17)18(15)21;/h3,5-6,15-18H,4,7-12,21H2,1-2H3,(H,22,23);1H. The number of carbonyl (C=O) groups excluding carboxylic acids is 1. The molecule has 2 aliphatic carbocycles. The van der Waals surface area contributed by atoms with Crippen LogP contribution >= 0.6 is 12.4 Å². The number of benzene rings is 1. The zero-order valence-electron chi connectivity index (χ0n) is 15.3.